The number of nitrogens with one attached hydrogen (secondary N) is 2. The SMILES string of the molecule is CCC(CC)C(Cl)CNC(=O)c1ccc([N+](=O)[O-])[nH]1. The summed E-state index contributed by atoms with van der Waals surface area (Å²) in [5, 5.41) is 13.0. The Morgan fingerprint density at radius 2 is 2.11 bits per heavy atom. The van der Waals surface area contributed by atoms with Gasteiger partial charge in [-0.3, -0.25) is 4.79 Å². The molecular formula is C12H18ClN3O3. The van der Waals surface area contributed by atoms with Crippen molar-refractivity contribution in [2.75, 3.05) is 6.54 Å². The first-order valence-electron chi connectivity index (χ1n) is 6.25. The number of H-pyrrole nitrogens is 1. The van der Waals surface area contributed by atoms with Crippen molar-refractivity contribution in [2.24, 2.45) is 5.92 Å². The van der Waals surface area contributed by atoms with Crippen molar-refractivity contribution in [2.45, 2.75) is 32.1 Å². The Morgan fingerprint density at radius 3 is 2.58 bits per heavy atom. The minimum Gasteiger partial charge on any atom is -0.358 e. The van der Waals surface area contributed by atoms with Gasteiger partial charge < -0.3 is 15.4 Å². The van der Waals surface area contributed by atoms with Gasteiger partial charge in [-0.2, -0.15) is 0 Å². The topological polar surface area (TPSA) is 88.0 Å². The maximum atomic E-state index is 11.8. The summed E-state index contributed by atoms with van der Waals surface area (Å²) in [6, 6.07) is 2.64. The van der Waals surface area contributed by atoms with Crippen molar-refractivity contribution in [3.8, 4) is 0 Å². The summed E-state index contributed by atoms with van der Waals surface area (Å²) in [4.78, 5) is 24.1. The van der Waals surface area contributed by atoms with Gasteiger partial charge in [0.15, 0.2) is 5.69 Å². The summed E-state index contributed by atoms with van der Waals surface area (Å²) in [7, 11) is 0. The molecule has 0 aliphatic heterocycles. The van der Waals surface area contributed by atoms with Crippen molar-refractivity contribution < 1.29 is 9.72 Å². The number of nitrogens with zero attached hydrogens (tertiary/aromatic N) is 1. The number of carbonyl (C=O) groups is 1. The number of aromatic nitrogens is 1. The van der Waals surface area contributed by atoms with E-state index in [9.17, 15) is 14.9 Å². The van der Waals surface area contributed by atoms with E-state index in [1.165, 1.54) is 12.1 Å². The third kappa shape index (κ3) is 4.24. The van der Waals surface area contributed by atoms with Crippen molar-refractivity contribution in [1.29, 1.82) is 0 Å². The number of hydrogen-bond acceptors (Lipinski definition) is 3. The fourth-order valence-corrected chi connectivity index (χ4v) is 2.31. The van der Waals surface area contributed by atoms with Crippen LogP contribution in [0.1, 0.15) is 37.2 Å². The van der Waals surface area contributed by atoms with E-state index in [0.29, 0.717) is 12.5 Å². The molecule has 106 valence electrons. The minimum atomic E-state index is -0.578. The number of carbonyl (C=O) groups excluding carboxylic acids is 1. The Kier molecular flexibility index (Phi) is 5.82. The second-order valence-electron chi connectivity index (χ2n) is 4.32. The zero-order valence-corrected chi connectivity index (χ0v) is 11.7. The van der Waals surface area contributed by atoms with Gasteiger partial charge in [-0.25, -0.2) is 4.98 Å². The van der Waals surface area contributed by atoms with Crippen molar-refractivity contribution in [3.63, 3.8) is 0 Å². The first-order valence-corrected chi connectivity index (χ1v) is 6.68. The molecule has 19 heavy (non-hydrogen) atoms. The standard InChI is InChI=1S/C12H18ClN3O3/c1-3-8(4-2)9(13)7-14-12(17)10-5-6-11(15-10)16(18)19/h5-6,8-9,15H,3-4,7H2,1-2H3,(H,14,17). The Balaban J connectivity index is 2.53. The van der Waals surface area contributed by atoms with Crippen LogP contribution in [0.5, 0.6) is 0 Å². The molecule has 1 aromatic rings. The zero-order valence-electron chi connectivity index (χ0n) is 11.0. The van der Waals surface area contributed by atoms with Crippen molar-refractivity contribution in [3.05, 3.63) is 27.9 Å². The van der Waals surface area contributed by atoms with Gasteiger partial charge in [0.2, 0.25) is 0 Å². The van der Waals surface area contributed by atoms with E-state index in [1.807, 2.05) is 0 Å². The van der Waals surface area contributed by atoms with E-state index in [0.717, 1.165) is 12.8 Å². The molecule has 1 heterocycles. The average Bonchev–Trinajstić information content (AvgIpc) is 2.87. The van der Waals surface area contributed by atoms with Gasteiger partial charge in [-0.05, 0) is 16.9 Å². The third-order valence-corrected chi connectivity index (χ3v) is 3.64. The molecule has 0 saturated carbocycles. The maximum absolute atomic E-state index is 11.8. The molecule has 0 saturated heterocycles. The Labute approximate surface area is 116 Å². The summed E-state index contributed by atoms with van der Waals surface area (Å²) in [5.41, 5.74) is 0.167. The number of alkyl halides is 1. The summed E-state index contributed by atoms with van der Waals surface area (Å²) in [6.07, 6.45) is 1.91. The molecule has 0 aliphatic carbocycles. The fourth-order valence-electron chi connectivity index (χ4n) is 1.87. The molecule has 0 aliphatic rings. The lowest BCUT2D eigenvalue weighted by atomic mass is 9.99. The Bertz CT molecular complexity index is 443. The van der Waals surface area contributed by atoms with Crippen LogP contribution in [0.3, 0.4) is 0 Å². The third-order valence-electron chi connectivity index (χ3n) is 3.13. The van der Waals surface area contributed by atoms with E-state index in [4.69, 9.17) is 11.6 Å². The van der Waals surface area contributed by atoms with Crippen molar-refractivity contribution in [1.82, 2.24) is 10.3 Å². The van der Waals surface area contributed by atoms with Crippen LogP contribution in [0, 0.1) is 16.0 Å². The highest BCUT2D eigenvalue weighted by Crippen LogP contribution is 2.18. The van der Waals surface area contributed by atoms with E-state index in [1.54, 1.807) is 0 Å². The number of nitro groups is 1. The average molecular weight is 288 g/mol. The van der Waals surface area contributed by atoms with Crippen LogP contribution in [0.15, 0.2) is 12.1 Å². The lowest BCUT2D eigenvalue weighted by molar-refractivity contribution is -0.389. The number of halogens is 1. The number of hydrogen-bond donors (Lipinski definition) is 2. The summed E-state index contributed by atoms with van der Waals surface area (Å²) in [6.45, 7) is 4.46. The van der Waals surface area contributed by atoms with E-state index >= 15 is 0 Å². The van der Waals surface area contributed by atoms with Crippen LogP contribution in [0.4, 0.5) is 5.82 Å². The van der Waals surface area contributed by atoms with Gasteiger partial charge in [0.1, 0.15) is 0 Å². The lowest BCUT2D eigenvalue weighted by Gasteiger charge is -2.19. The molecule has 0 bridgehead atoms. The largest absolute Gasteiger partial charge is 0.358 e. The second kappa shape index (κ2) is 7.13. The Morgan fingerprint density at radius 1 is 1.47 bits per heavy atom. The quantitative estimate of drug-likeness (QED) is 0.459. The first-order chi connectivity index (χ1) is 8.99. The summed E-state index contributed by atoms with van der Waals surface area (Å²) in [5.74, 6) is -0.239. The van der Waals surface area contributed by atoms with Gasteiger partial charge in [-0.15, -0.1) is 11.6 Å². The molecule has 0 spiro atoms. The molecule has 0 fully saturated rings. The van der Waals surface area contributed by atoms with Crippen molar-refractivity contribution >= 4 is 23.3 Å². The zero-order chi connectivity index (χ0) is 14.4. The van der Waals surface area contributed by atoms with Crippen LogP contribution in [-0.4, -0.2) is 27.7 Å². The van der Waals surface area contributed by atoms with E-state index in [-0.39, 0.29) is 22.8 Å². The van der Waals surface area contributed by atoms with Crippen LogP contribution in [0.25, 0.3) is 0 Å². The van der Waals surface area contributed by atoms with Gasteiger partial charge in [0, 0.05) is 12.6 Å². The highest BCUT2D eigenvalue weighted by atomic mass is 35.5. The maximum Gasteiger partial charge on any atom is 0.321 e. The summed E-state index contributed by atoms with van der Waals surface area (Å²) < 4.78 is 0. The van der Waals surface area contributed by atoms with E-state index in [2.05, 4.69) is 24.1 Å². The van der Waals surface area contributed by atoms with Gasteiger partial charge in [0.05, 0.1) is 5.38 Å². The number of amides is 1. The predicted molar refractivity (Wildman–Crippen MR) is 73.5 cm³/mol. The molecule has 1 rings (SSSR count). The lowest BCUT2D eigenvalue weighted by Crippen LogP contribution is -2.33. The molecule has 6 nitrogen and oxygen atoms in total. The predicted octanol–water partition coefficient (Wildman–Crippen LogP) is 2.70. The molecule has 7 heteroatoms. The smallest absolute Gasteiger partial charge is 0.321 e. The molecule has 1 amide bonds. The van der Waals surface area contributed by atoms with Gasteiger partial charge >= 0.3 is 5.82 Å². The molecular weight excluding hydrogens is 270 g/mol. The Hall–Kier alpha value is -1.56. The number of aromatic amines is 1. The highest BCUT2D eigenvalue weighted by Gasteiger charge is 2.19. The van der Waals surface area contributed by atoms with Crippen LogP contribution < -0.4 is 5.32 Å². The molecule has 0 radical (unpaired) electrons. The first kappa shape index (κ1) is 15.5. The normalized spacial score (nSPS) is 12.4. The monoisotopic (exact) mass is 287 g/mol. The molecule has 0 aromatic carbocycles. The highest BCUT2D eigenvalue weighted by molar-refractivity contribution is 6.21. The second-order valence-corrected chi connectivity index (χ2v) is 4.88. The number of rotatable bonds is 7. The molecule has 1 atom stereocenters. The summed E-state index contributed by atoms with van der Waals surface area (Å²) >= 11 is 6.20. The van der Waals surface area contributed by atoms with Crippen LogP contribution in [0.2, 0.25) is 0 Å². The van der Waals surface area contributed by atoms with E-state index < -0.39 is 4.92 Å². The van der Waals surface area contributed by atoms with Gasteiger partial charge in [0.25, 0.3) is 5.91 Å². The molecule has 1 aromatic heterocycles. The van der Waals surface area contributed by atoms with Crippen LogP contribution >= 0.6 is 11.6 Å². The molecule has 2 N–H and O–H groups in total. The molecule has 1 unspecified atom stereocenters. The minimum absolute atomic E-state index is 0.135. The fraction of sp³-hybridized carbons (Fsp3) is 0.583. The van der Waals surface area contributed by atoms with Crippen LogP contribution in [-0.2, 0) is 0 Å². The van der Waals surface area contributed by atoms with Gasteiger partial charge in [-0.1, -0.05) is 26.7 Å².